The topological polar surface area (TPSA) is 24.4 Å². The van der Waals surface area contributed by atoms with E-state index in [2.05, 4.69) is 39.8 Å². The highest BCUT2D eigenvalue weighted by atomic mass is 127. The van der Waals surface area contributed by atoms with Gasteiger partial charge in [-0.25, -0.2) is 0 Å². The first-order chi connectivity index (χ1) is 4.86. The van der Waals surface area contributed by atoms with Crippen molar-refractivity contribution in [3.8, 4) is 0 Å². The fourth-order valence-corrected chi connectivity index (χ4v) is 2.47. The van der Waals surface area contributed by atoms with Gasteiger partial charge in [-0.3, -0.25) is 4.99 Å². The van der Waals surface area contributed by atoms with Crippen LogP contribution in [0.3, 0.4) is 0 Å². The number of halogens is 1. The second-order valence-corrected chi connectivity index (χ2v) is 4.24. The van der Waals surface area contributed by atoms with Gasteiger partial charge in [-0.1, -0.05) is 34.4 Å². The van der Waals surface area contributed by atoms with Gasteiger partial charge in [0.25, 0.3) is 0 Å². The van der Waals surface area contributed by atoms with Crippen LogP contribution in [0.15, 0.2) is 4.99 Å². The minimum Gasteiger partial charge on any atom is -0.365 e. The Hall–Kier alpha value is 0.550. The van der Waals surface area contributed by atoms with Gasteiger partial charge in [0, 0.05) is 16.2 Å². The van der Waals surface area contributed by atoms with Crippen molar-refractivity contribution >= 4 is 39.5 Å². The van der Waals surface area contributed by atoms with Crippen molar-refractivity contribution in [2.45, 2.75) is 12.2 Å². The summed E-state index contributed by atoms with van der Waals surface area (Å²) in [5.41, 5.74) is 0. The minimum atomic E-state index is 0.717. The number of alkyl halides is 1. The molecule has 0 unspecified atom stereocenters. The van der Waals surface area contributed by atoms with E-state index in [1.54, 1.807) is 0 Å². The van der Waals surface area contributed by atoms with Gasteiger partial charge in [-0.05, 0) is 6.92 Å². The predicted octanol–water partition coefficient (Wildman–Crippen LogP) is 1.50. The smallest absolute Gasteiger partial charge is 0.156 e. The Morgan fingerprint density at radius 3 is 3.20 bits per heavy atom. The van der Waals surface area contributed by atoms with Crippen molar-refractivity contribution in [2.24, 2.45) is 4.99 Å². The van der Waals surface area contributed by atoms with E-state index in [0.29, 0.717) is 0 Å². The van der Waals surface area contributed by atoms with E-state index < -0.39 is 0 Å². The first kappa shape index (κ1) is 8.64. The summed E-state index contributed by atoms with van der Waals surface area (Å²) >= 11 is 4.27. The van der Waals surface area contributed by atoms with Gasteiger partial charge in [0.05, 0.1) is 6.54 Å². The third kappa shape index (κ3) is 2.30. The monoisotopic (exact) mass is 270 g/mol. The summed E-state index contributed by atoms with van der Waals surface area (Å²) in [6.07, 6.45) is 0. The first-order valence-electron chi connectivity index (χ1n) is 3.37. The molecule has 58 valence electrons. The molecule has 0 fully saturated rings. The van der Waals surface area contributed by atoms with E-state index in [-0.39, 0.29) is 0 Å². The average Bonchev–Trinajstić information content (AvgIpc) is 2.37. The molecule has 0 saturated heterocycles. The van der Waals surface area contributed by atoms with Crippen molar-refractivity contribution in [3.63, 3.8) is 0 Å². The molecular weight excluding hydrogens is 259 g/mol. The maximum atomic E-state index is 4.34. The number of nitrogens with one attached hydrogen (secondary N) is 1. The molecule has 1 heterocycles. The number of hydrogen-bond donors (Lipinski definition) is 1. The van der Waals surface area contributed by atoms with Gasteiger partial charge in [-0.15, -0.1) is 0 Å². The Kier molecular flexibility index (Phi) is 3.83. The SMILES string of the molecule is CCNC1=NC[C@@H](CI)S1. The summed E-state index contributed by atoms with van der Waals surface area (Å²) in [4.78, 5) is 4.34. The van der Waals surface area contributed by atoms with E-state index in [9.17, 15) is 0 Å². The van der Waals surface area contributed by atoms with Gasteiger partial charge in [-0.2, -0.15) is 0 Å². The molecule has 2 nitrogen and oxygen atoms in total. The van der Waals surface area contributed by atoms with Crippen LogP contribution in [0.25, 0.3) is 0 Å². The van der Waals surface area contributed by atoms with Crippen molar-refractivity contribution in [3.05, 3.63) is 0 Å². The van der Waals surface area contributed by atoms with Crippen LogP contribution in [-0.2, 0) is 0 Å². The van der Waals surface area contributed by atoms with E-state index >= 15 is 0 Å². The number of hydrogen-bond acceptors (Lipinski definition) is 3. The van der Waals surface area contributed by atoms with Gasteiger partial charge in [0.1, 0.15) is 0 Å². The summed E-state index contributed by atoms with van der Waals surface area (Å²) in [5, 5.41) is 5.06. The lowest BCUT2D eigenvalue weighted by Gasteiger charge is -2.02. The first-order valence-corrected chi connectivity index (χ1v) is 5.78. The van der Waals surface area contributed by atoms with E-state index in [1.165, 1.54) is 4.43 Å². The lowest BCUT2D eigenvalue weighted by atomic mass is 10.5. The number of amidine groups is 1. The average molecular weight is 270 g/mol. The second kappa shape index (κ2) is 4.43. The molecule has 1 aliphatic heterocycles. The number of nitrogens with zero attached hydrogens (tertiary/aromatic N) is 1. The molecule has 0 radical (unpaired) electrons. The highest BCUT2D eigenvalue weighted by Gasteiger charge is 2.16. The molecule has 0 aliphatic carbocycles. The van der Waals surface area contributed by atoms with E-state index in [1.807, 2.05) is 11.8 Å². The maximum absolute atomic E-state index is 4.34. The van der Waals surface area contributed by atoms with Crippen LogP contribution >= 0.6 is 34.4 Å². The normalized spacial score (nSPS) is 24.6. The van der Waals surface area contributed by atoms with Crippen LogP contribution in [-0.4, -0.2) is 27.9 Å². The second-order valence-electron chi connectivity index (χ2n) is 2.07. The van der Waals surface area contributed by atoms with E-state index in [0.717, 1.165) is 23.5 Å². The summed E-state index contributed by atoms with van der Waals surface area (Å²) < 4.78 is 1.20. The van der Waals surface area contributed by atoms with Crippen LogP contribution in [0.1, 0.15) is 6.92 Å². The number of rotatable bonds is 2. The molecule has 1 atom stereocenters. The molecule has 1 rings (SSSR count). The van der Waals surface area contributed by atoms with Gasteiger partial charge >= 0.3 is 0 Å². The zero-order valence-electron chi connectivity index (χ0n) is 5.93. The van der Waals surface area contributed by atoms with Gasteiger partial charge in [0.15, 0.2) is 5.17 Å². The van der Waals surface area contributed by atoms with Crippen molar-refractivity contribution < 1.29 is 0 Å². The molecule has 0 amide bonds. The maximum Gasteiger partial charge on any atom is 0.156 e. The Morgan fingerprint density at radius 2 is 2.70 bits per heavy atom. The van der Waals surface area contributed by atoms with Crippen LogP contribution in [0.5, 0.6) is 0 Å². The highest BCUT2D eigenvalue weighted by Crippen LogP contribution is 2.20. The molecule has 0 aromatic heterocycles. The third-order valence-corrected chi connectivity index (χ3v) is 4.02. The summed E-state index contributed by atoms with van der Waals surface area (Å²) in [6, 6.07) is 0. The molecular formula is C6H11IN2S. The third-order valence-electron chi connectivity index (χ3n) is 1.22. The van der Waals surface area contributed by atoms with Crippen LogP contribution in [0.4, 0.5) is 0 Å². The van der Waals surface area contributed by atoms with Gasteiger partial charge in [0.2, 0.25) is 0 Å². The van der Waals surface area contributed by atoms with E-state index in [4.69, 9.17) is 0 Å². The highest BCUT2D eigenvalue weighted by molar-refractivity contribution is 14.1. The molecule has 1 N–H and O–H groups in total. The lowest BCUT2D eigenvalue weighted by molar-refractivity contribution is 0.955. The molecule has 0 bridgehead atoms. The van der Waals surface area contributed by atoms with Crippen LogP contribution in [0.2, 0.25) is 0 Å². The summed E-state index contributed by atoms with van der Waals surface area (Å²) in [6.45, 7) is 4.08. The summed E-state index contributed by atoms with van der Waals surface area (Å²) in [5.74, 6) is 0. The van der Waals surface area contributed by atoms with Crippen molar-refractivity contribution in [2.75, 3.05) is 17.5 Å². The zero-order valence-corrected chi connectivity index (χ0v) is 8.91. The fraction of sp³-hybridized carbons (Fsp3) is 0.833. The Labute approximate surface area is 79.4 Å². The Balaban J connectivity index is 2.25. The molecule has 10 heavy (non-hydrogen) atoms. The molecule has 0 aromatic rings. The number of aliphatic imine (C=N–C) groups is 1. The quantitative estimate of drug-likeness (QED) is 0.607. The van der Waals surface area contributed by atoms with Gasteiger partial charge < -0.3 is 5.32 Å². The van der Waals surface area contributed by atoms with Crippen LogP contribution < -0.4 is 5.32 Å². The predicted molar refractivity (Wildman–Crippen MR) is 56.2 cm³/mol. The molecule has 1 aliphatic rings. The largest absolute Gasteiger partial charge is 0.365 e. The Bertz CT molecular complexity index is 138. The minimum absolute atomic E-state index is 0.717. The zero-order chi connectivity index (χ0) is 7.40. The molecule has 0 spiro atoms. The van der Waals surface area contributed by atoms with Crippen molar-refractivity contribution in [1.82, 2.24) is 5.32 Å². The lowest BCUT2D eigenvalue weighted by Crippen LogP contribution is -2.18. The fourth-order valence-electron chi connectivity index (χ4n) is 0.746. The van der Waals surface area contributed by atoms with Crippen LogP contribution in [0, 0.1) is 0 Å². The standard InChI is InChI=1S/C6H11IN2S/c1-2-8-6-9-4-5(3-7)10-6/h5H,2-4H2,1H3,(H,8,9)/t5-/m1/s1. The molecule has 0 aromatic carbocycles. The molecule has 0 saturated carbocycles. The molecule has 4 heteroatoms. The number of thioether (sulfide) groups is 1. The summed E-state index contributed by atoms with van der Waals surface area (Å²) in [7, 11) is 0. The van der Waals surface area contributed by atoms with Crippen molar-refractivity contribution in [1.29, 1.82) is 0 Å². The Morgan fingerprint density at radius 1 is 1.90 bits per heavy atom.